The van der Waals surface area contributed by atoms with Gasteiger partial charge in [-0.2, -0.15) is 0 Å². The molecule has 0 bridgehead atoms. The number of benzene rings is 3. The van der Waals surface area contributed by atoms with E-state index in [1.165, 1.54) is 17.0 Å². The third kappa shape index (κ3) is 4.81. The van der Waals surface area contributed by atoms with Crippen LogP contribution in [0, 0.1) is 5.82 Å². The standard InChI is InChI=1S/C30H25FN4O3S/c31-23-11-8-21(9-12-23)20-35-25-19-22(10-13-27(25)39(38)26-6-2-1-5-24(26)30(35)37)29(36)34-17-15-33(16-18-34)28-7-3-4-14-32-28/h1-14,19H,15-18,20H2. The molecule has 0 aliphatic carbocycles. The zero-order valence-corrected chi connectivity index (χ0v) is 21.8. The zero-order valence-electron chi connectivity index (χ0n) is 21.0. The first kappa shape index (κ1) is 24.9. The fourth-order valence-electron chi connectivity index (χ4n) is 4.99. The average Bonchev–Trinajstić information content (AvgIpc) is 3.07. The number of hydrogen-bond donors (Lipinski definition) is 0. The number of nitrogens with zero attached hydrogens (tertiary/aromatic N) is 4. The van der Waals surface area contributed by atoms with Gasteiger partial charge in [0.15, 0.2) is 0 Å². The maximum atomic E-state index is 13.8. The highest BCUT2D eigenvalue weighted by Gasteiger charge is 2.32. The van der Waals surface area contributed by atoms with Crippen molar-refractivity contribution in [2.75, 3.05) is 36.0 Å². The summed E-state index contributed by atoms with van der Waals surface area (Å²) in [7, 11) is -1.62. The summed E-state index contributed by atoms with van der Waals surface area (Å²) in [5.74, 6) is 0.0336. The molecule has 0 saturated carbocycles. The molecule has 1 fully saturated rings. The molecule has 2 aliphatic heterocycles. The van der Waals surface area contributed by atoms with Crippen molar-refractivity contribution in [3.05, 3.63) is 114 Å². The van der Waals surface area contributed by atoms with Crippen molar-refractivity contribution in [1.82, 2.24) is 9.88 Å². The van der Waals surface area contributed by atoms with Crippen LogP contribution in [0.1, 0.15) is 26.3 Å². The minimum absolute atomic E-state index is 0.137. The molecule has 39 heavy (non-hydrogen) atoms. The normalized spacial score (nSPS) is 16.9. The lowest BCUT2D eigenvalue weighted by Gasteiger charge is -2.35. The Bertz CT molecular complexity index is 1570. The number of fused-ring (bicyclic) bond motifs is 2. The van der Waals surface area contributed by atoms with Crippen LogP contribution >= 0.6 is 0 Å². The molecule has 0 N–H and O–H groups in total. The Balaban J connectivity index is 1.33. The van der Waals surface area contributed by atoms with Gasteiger partial charge in [0.05, 0.1) is 38.4 Å². The van der Waals surface area contributed by atoms with E-state index in [9.17, 15) is 18.2 Å². The van der Waals surface area contributed by atoms with Crippen molar-refractivity contribution in [2.24, 2.45) is 0 Å². The Morgan fingerprint density at radius 3 is 2.36 bits per heavy atom. The lowest BCUT2D eigenvalue weighted by atomic mass is 10.1. The van der Waals surface area contributed by atoms with Gasteiger partial charge in [-0.1, -0.05) is 30.3 Å². The van der Waals surface area contributed by atoms with Crippen LogP contribution in [0.2, 0.25) is 0 Å². The van der Waals surface area contributed by atoms with Crippen LogP contribution in [0.25, 0.3) is 0 Å². The van der Waals surface area contributed by atoms with E-state index in [1.807, 2.05) is 18.2 Å². The zero-order chi connectivity index (χ0) is 26.9. The van der Waals surface area contributed by atoms with Gasteiger partial charge in [0.2, 0.25) is 0 Å². The maximum absolute atomic E-state index is 13.8. The fourth-order valence-corrected chi connectivity index (χ4v) is 6.33. The smallest absolute Gasteiger partial charge is 0.259 e. The topological polar surface area (TPSA) is 73.8 Å². The van der Waals surface area contributed by atoms with E-state index < -0.39 is 10.8 Å². The molecule has 3 heterocycles. The summed E-state index contributed by atoms with van der Waals surface area (Å²) in [6.45, 7) is 2.51. The van der Waals surface area contributed by atoms with Crippen molar-refractivity contribution in [2.45, 2.75) is 16.3 Å². The molecule has 1 atom stereocenters. The Kier molecular flexibility index (Phi) is 6.66. The summed E-state index contributed by atoms with van der Waals surface area (Å²) in [6.07, 6.45) is 1.75. The van der Waals surface area contributed by atoms with Gasteiger partial charge in [0.25, 0.3) is 11.8 Å². The third-order valence-corrected chi connectivity index (χ3v) is 8.55. The molecular formula is C30H25FN4O3S. The summed E-state index contributed by atoms with van der Waals surface area (Å²) in [4.78, 5) is 38.1. The highest BCUT2D eigenvalue weighted by molar-refractivity contribution is 7.85. The second-order valence-electron chi connectivity index (χ2n) is 9.43. The molecule has 0 spiro atoms. The van der Waals surface area contributed by atoms with Gasteiger partial charge in [-0.25, -0.2) is 13.6 Å². The monoisotopic (exact) mass is 540 g/mol. The molecule has 196 valence electrons. The lowest BCUT2D eigenvalue weighted by Crippen LogP contribution is -2.49. The molecular weight excluding hydrogens is 515 g/mol. The first-order valence-corrected chi connectivity index (χ1v) is 13.8. The van der Waals surface area contributed by atoms with E-state index in [-0.39, 0.29) is 24.2 Å². The summed E-state index contributed by atoms with van der Waals surface area (Å²) >= 11 is 0. The number of halogens is 1. The van der Waals surface area contributed by atoms with Crippen molar-refractivity contribution in [3.63, 3.8) is 0 Å². The molecule has 3 aromatic carbocycles. The van der Waals surface area contributed by atoms with Crippen molar-refractivity contribution in [1.29, 1.82) is 0 Å². The molecule has 0 radical (unpaired) electrons. The number of aromatic nitrogens is 1. The average molecular weight is 541 g/mol. The molecule has 2 amide bonds. The molecule has 6 rings (SSSR count). The van der Waals surface area contributed by atoms with Crippen molar-refractivity contribution in [3.8, 4) is 0 Å². The predicted molar refractivity (Wildman–Crippen MR) is 147 cm³/mol. The lowest BCUT2D eigenvalue weighted by molar-refractivity contribution is 0.0746. The van der Waals surface area contributed by atoms with Gasteiger partial charge in [-0.3, -0.25) is 9.59 Å². The highest BCUT2D eigenvalue weighted by Crippen LogP contribution is 2.36. The molecule has 1 saturated heterocycles. The van der Waals surface area contributed by atoms with Crippen LogP contribution in [0.4, 0.5) is 15.9 Å². The Labute approximate surface area is 228 Å². The van der Waals surface area contributed by atoms with Gasteiger partial charge >= 0.3 is 0 Å². The van der Waals surface area contributed by atoms with Crippen LogP contribution in [0.3, 0.4) is 0 Å². The number of amides is 2. The number of carbonyl (C=O) groups excluding carboxylic acids is 2. The largest absolute Gasteiger partial charge is 0.353 e. The second-order valence-corrected chi connectivity index (χ2v) is 10.8. The van der Waals surface area contributed by atoms with E-state index in [1.54, 1.807) is 65.7 Å². The first-order chi connectivity index (χ1) is 19.0. The Morgan fingerprint density at radius 1 is 0.872 bits per heavy atom. The summed E-state index contributed by atoms with van der Waals surface area (Å²) in [5.41, 5.74) is 1.88. The summed E-state index contributed by atoms with van der Waals surface area (Å²) in [6, 6.07) is 23.5. The maximum Gasteiger partial charge on any atom is 0.259 e. The SMILES string of the molecule is O=C(c1ccc2c(c1)N(Cc1ccc(F)cc1)C(=O)c1ccccc1S2=O)N1CCN(c2ccccn2)CC1. The Hall–Kier alpha value is -4.37. The molecule has 2 aliphatic rings. The van der Waals surface area contributed by atoms with E-state index >= 15 is 0 Å². The second kappa shape index (κ2) is 10.4. The molecule has 1 aromatic heterocycles. The molecule has 9 heteroatoms. The number of carbonyl (C=O) groups is 2. The van der Waals surface area contributed by atoms with Crippen molar-refractivity contribution < 1.29 is 18.2 Å². The molecule has 1 unspecified atom stereocenters. The number of pyridine rings is 1. The molecule has 4 aromatic rings. The highest BCUT2D eigenvalue weighted by atomic mass is 32.2. The van der Waals surface area contributed by atoms with E-state index in [0.29, 0.717) is 58.3 Å². The first-order valence-electron chi connectivity index (χ1n) is 12.7. The van der Waals surface area contributed by atoms with Gasteiger partial charge in [-0.15, -0.1) is 0 Å². The van der Waals surface area contributed by atoms with E-state index in [2.05, 4.69) is 9.88 Å². The summed E-state index contributed by atoms with van der Waals surface area (Å²) in [5, 5.41) is 0. The molecule has 7 nitrogen and oxygen atoms in total. The van der Waals surface area contributed by atoms with E-state index in [0.717, 1.165) is 5.82 Å². The number of piperazine rings is 1. The minimum atomic E-state index is -1.62. The number of rotatable bonds is 4. The third-order valence-electron chi connectivity index (χ3n) is 7.05. The van der Waals surface area contributed by atoms with Crippen LogP contribution in [0.15, 0.2) is 101 Å². The van der Waals surface area contributed by atoms with Crippen LogP contribution in [0.5, 0.6) is 0 Å². The van der Waals surface area contributed by atoms with Crippen LogP contribution in [-0.4, -0.2) is 52.1 Å². The van der Waals surface area contributed by atoms with Gasteiger partial charge < -0.3 is 14.7 Å². The van der Waals surface area contributed by atoms with Gasteiger partial charge in [0, 0.05) is 37.9 Å². The number of hydrogen-bond acceptors (Lipinski definition) is 5. The van der Waals surface area contributed by atoms with Gasteiger partial charge in [-0.05, 0) is 60.2 Å². The van der Waals surface area contributed by atoms with Crippen LogP contribution < -0.4 is 9.80 Å². The van der Waals surface area contributed by atoms with E-state index in [4.69, 9.17) is 0 Å². The van der Waals surface area contributed by atoms with Crippen molar-refractivity contribution >= 4 is 34.1 Å². The Morgan fingerprint density at radius 2 is 1.62 bits per heavy atom. The summed E-state index contributed by atoms with van der Waals surface area (Å²) < 4.78 is 27.2. The minimum Gasteiger partial charge on any atom is -0.353 e. The van der Waals surface area contributed by atoms with Crippen LogP contribution in [-0.2, 0) is 17.3 Å². The number of anilines is 2. The van der Waals surface area contributed by atoms with Gasteiger partial charge in [0.1, 0.15) is 11.6 Å². The predicted octanol–water partition coefficient (Wildman–Crippen LogP) is 4.51. The fraction of sp³-hybridized carbons (Fsp3) is 0.167. The quantitative estimate of drug-likeness (QED) is 0.381.